The number of nitrogens with zero attached hydrogens (tertiary/aromatic N) is 2. The van der Waals surface area contributed by atoms with Crippen molar-refractivity contribution in [1.29, 1.82) is 0 Å². The summed E-state index contributed by atoms with van der Waals surface area (Å²) in [7, 11) is 0. The molecule has 0 bridgehead atoms. The highest BCUT2D eigenvalue weighted by Crippen LogP contribution is 2.20. The second-order valence-corrected chi connectivity index (χ2v) is 6.13. The molecule has 0 spiro atoms. The second kappa shape index (κ2) is 6.02. The lowest BCUT2D eigenvalue weighted by Gasteiger charge is -2.26. The molecule has 2 heterocycles. The highest BCUT2D eigenvalue weighted by Gasteiger charge is 2.29. The normalized spacial score (nSPS) is 31.1. The fourth-order valence-electron chi connectivity index (χ4n) is 3.02. The Labute approximate surface area is 111 Å². The van der Waals surface area contributed by atoms with Crippen LogP contribution >= 0.6 is 0 Å². The van der Waals surface area contributed by atoms with E-state index < -0.39 is 0 Å². The van der Waals surface area contributed by atoms with Gasteiger partial charge in [0.05, 0.1) is 0 Å². The Bertz CT molecular complexity index is 293. The molecule has 0 aromatic rings. The Morgan fingerprint density at radius 1 is 1.39 bits per heavy atom. The molecule has 1 amide bonds. The molecule has 4 nitrogen and oxygen atoms in total. The summed E-state index contributed by atoms with van der Waals surface area (Å²) in [5, 5.41) is 3.34. The summed E-state index contributed by atoms with van der Waals surface area (Å²) in [5.74, 6) is 1.14. The molecule has 2 aliphatic rings. The summed E-state index contributed by atoms with van der Waals surface area (Å²) in [6.45, 7) is 12.5. The van der Waals surface area contributed by atoms with E-state index in [0.717, 1.165) is 32.7 Å². The van der Waals surface area contributed by atoms with Crippen LogP contribution in [0.15, 0.2) is 0 Å². The lowest BCUT2D eigenvalue weighted by atomic mass is 10.1. The van der Waals surface area contributed by atoms with Crippen LogP contribution in [-0.4, -0.2) is 61.0 Å². The summed E-state index contributed by atoms with van der Waals surface area (Å²) >= 11 is 0. The van der Waals surface area contributed by atoms with Gasteiger partial charge in [0.15, 0.2) is 0 Å². The maximum atomic E-state index is 12.2. The number of nitrogens with one attached hydrogen (secondary N) is 1. The fraction of sp³-hybridized carbons (Fsp3) is 0.929. The molecule has 1 N–H and O–H groups in total. The van der Waals surface area contributed by atoms with Gasteiger partial charge in [0, 0.05) is 44.7 Å². The van der Waals surface area contributed by atoms with Gasteiger partial charge in [0.1, 0.15) is 0 Å². The number of carbonyl (C=O) groups excluding carboxylic acids is 1. The van der Waals surface area contributed by atoms with E-state index in [0.29, 0.717) is 17.9 Å². The standard InChI is InChI=1S/C14H27N3O/c1-11(2)16-6-4-13(9-16)10-17-7-5-15-8-12(3)14(17)18/h11-13,15H,4-10H2,1-3H3. The van der Waals surface area contributed by atoms with Gasteiger partial charge in [-0.05, 0) is 32.7 Å². The van der Waals surface area contributed by atoms with Gasteiger partial charge in [-0.25, -0.2) is 0 Å². The number of hydrogen-bond acceptors (Lipinski definition) is 3. The summed E-state index contributed by atoms with van der Waals surface area (Å²) < 4.78 is 0. The van der Waals surface area contributed by atoms with Gasteiger partial charge in [-0.3, -0.25) is 4.79 Å². The highest BCUT2D eigenvalue weighted by molar-refractivity contribution is 5.79. The van der Waals surface area contributed by atoms with E-state index in [2.05, 4.69) is 29.0 Å². The highest BCUT2D eigenvalue weighted by atomic mass is 16.2. The minimum atomic E-state index is 0.134. The van der Waals surface area contributed by atoms with Gasteiger partial charge in [0.2, 0.25) is 5.91 Å². The van der Waals surface area contributed by atoms with Crippen molar-refractivity contribution in [2.24, 2.45) is 11.8 Å². The third-order valence-electron chi connectivity index (χ3n) is 4.27. The zero-order valence-corrected chi connectivity index (χ0v) is 12.0. The van der Waals surface area contributed by atoms with Crippen molar-refractivity contribution >= 4 is 5.91 Å². The smallest absolute Gasteiger partial charge is 0.226 e. The maximum absolute atomic E-state index is 12.2. The molecule has 0 aromatic heterocycles. The minimum absolute atomic E-state index is 0.134. The van der Waals surface area contributed by atoms with Crippen molar-refractivity contribution in [3.05, 3.63) is 0 Å². The number of rotatable bonds is 3. The average Bonchev–Trinajstić information content (AvgIpc) is 2.74. The molecule has 0 aromatic carbocycles. The molecule has 2 rings (SSSR count). The molecule has 0 radical (unpaired) electrons. The van der Waals surface area contributed by atoms with E-state index in [4.69, 9.17) is 0 Å². The Hall–Kier alpha value is -0.610. The number of amides is 1. The van der Waals surface area contributed by atoms with Crippen LogP contribution in [0.4, 0.5) is 0 Å². The monoisotopic (exact) mass is 253 g/mol. The molecule has 2 aliphatic heterocycles. The summed E-state index contributed by atoms with van der Waals surface area (Å²) in [4.78, 5) is 16.8. The largest absolute Gasteiger partial charge is 0.341 e. The van der Waals surface area contributed by atoms with E-state index in [1.54, 1.807) is 0 Å². The molecule has 2 fully saturated rings. The van der Waals surface area contributed by atoms with Crippen LogP contribution in [0.25, 0.3) is 0 Å². The lowest BCUT2D eigenvalue weighted by molar-refractivity contribution is -0.134. The van der Waals surface area contributed by atoms with Gasteiger partial charge in [-0.15, -0.1) is 0 Å². The third-order valence-corrected chi connectivity index (χ3v) is 4.27. The Morgan fingerprint density at radius 3 is 2.83 bits per heavy atom. The SMILES string of the molecule is CC1CNCCN(CC2CCN(C(C)C)C2)C1=O. The van der Waals surface area contributed by atoms with Crippen LogP contribution in [0.2, 0.25) is 0 Å². The van der Waals surface area contributed by atoms with Crippen molar-refractivity contribution in [3.8, 4) is 0 Å². The van der Waals surface area contributed by atoms with Crippen molar-refractivity contribution in [3.63, 3.8) is 0 Å². The van der Waals surface area contributed by atoms with E-state index in [1.807, 2.05) is 6.92 Å². The molecular weight excluding hydrogens is 226 g/mol. The molecule has 104 valence electrons. The van der Waals surface area contributed by atoms with Crippen molar-refractivity contribution in [2.75, 3.05) is 39.3 Å². The van der Waals surface area contributed by atoms with E-state index in [-0.39, 0.29) is 5.92 Å². The fourth-order valence-corrected chi connectivity index (χ4v) is 3.02. The predicted octanol–water partition coefficient (Wildman–Crippen LogP) is 0.785. The molecule has 18 heavy (non-hydrogen) atoms. The molecular formula is C14H27N3O. The summed E-state index contributed by atoms with van der Waals surface area (Å²) in [5.41, 5.74) is 0. The van der Waals surface area contributed by atoms with Gasteiger partial charge < -0.3 is 15.1 Å². The second-order valence-electron chi connectivity index (χ2n) is 6.13. The number of likely N-dealkylation sites (tertiary alicyclic amines) is 1. The van der Waals surface area contributed by atoms with Crippen LogP contribution in [-0.2, 0) is 4.79 Å². The quantitative estimate of drug-likeness (QED) is 0.807. The first-order chi connectivity index (χ1) is 8.58. The molecule has 0 saturated carbocycles. The summed E-state index contributed by atoms with van der Waals surface area (Å²) in [6.07, 6.45) is 1.24. The van der Waals surface area contributed by atoms with Crippen molar-refractivity contribution < 1.29 is 4.79 Å². The van der Waals surface area contributed by atoms with Crippen LogP contribution in [0.5, 0.6) is 0 Å². The molecule has 2 unspecified atom stereocenters. The molecule has 2 atom stereocenters. The van der Waals surface area contributed by atoms with Crippen molar-refractivity contribution in [1.82, 2.24) is 15.1 Å². The average molecular weight is 253 g/mol. The van der Waals surface area contributed by atoms with Gasteiger partial charge in [0.25, 0.3) is 0 Å². The van der Waals surface area contributed by atoms with Crippen LogP contribution in [0.3, 0.4) is 0 Å². The first-order valence-electron chi connectivity index (χ1n) is 7.31. The maximum Gasteiger partial charge on any atom is 0.226 e. The zero-order valence-electron chi connectivity index (χ0n) is 12.0. The van der Waals surface area contributed by atoms with Crippen LogP contribution in [0, 0.1) is 11.8 Å². The first-order valence-corrected chi connectivity index (χ1v) is 7.31. The Morgan fingerprint density at radius 2 is 2.17 bits per heavy atom. The predicted molar refractivity (Wildman–Crippen MR) is 73.4 cm³/mol. The van der Waals surface area contributed by atoms with Gasteiger partial charge >= 0.3 is 0 Å². The van der Waals surface area contributed by atoms with E-state index in [9.17, 15) is 4.79 Å². The molecule has 0 aliphatic carbocycles. The van der Waals surface area contributed by atoms with Crippen LogP contribution in [0.1, 0.15) is 27.2 Å². The summed E-state index contributed by atoms with van der Waals surface area (Å²) in [6, 6.07) is 0.635. The Kier molecular flexibility index (Phi) is 4.62. The lowest BCUT2D eigenvalue weighted by Crippen LogP contribution is -2.40. The number of hydrogen-bond donors (Lipinski definition) is 1. The zero-order chi connectivity index (χ0) is 13.1. The van der Waals surface area contributed by atoms with E-state index >= 15 is 0 Å². The van der Waals surface area contributed by atoms with E-state index in [1.165, 1.54) is 13.0 Å². The van der Waals surface area contributed by atoms with Gasteiger partial charge in [-0.1, -0.05) is 6.92 Å². The van der Waals surface area contributed by atoms with Crippen molar-refractivity contribution in [2.45, 2.75) is 33.2 Å². The third kappa shape index (κ3) is 3.23. The minimum Gasteiger partial charge on any atom is -0.341 e. The van der Waals surface area contributed by atoms with Crippen LogP contribution < -0.4 is 5.32 Å². The topological polar surface area (TPSA) is 35.6 Å². The Balaban J connectivity index is 1.87. The first kappa shape index (κ1) is 13.8. The van der Waals surface area contributed by atoms with Gasteiger partial charge in [-0.2, -0.15) is 0 Å². The number of carbonyl (C=O) groups is 1. The molecule has 4 heteroatoms. The molecule has 2 saturated heterocycles.